The van der Waals surface area contributed by atoms with E-state index in [1.54, 1.807) is 0 Å². The Morgan fingerprint density at radius 3 is 2.58 bits per heavy atom. The molecule has 0 bridgehead atoms. The van der Waals surface area contributed by atoms with Crippen molar-refractivity contribution in [2.24, 2.45) is 0 Å². The SMILES string of the molecule is CCc1ccc(CC(NC)c2cc(C)nnc2C)s1. The van der Waals surface area contributed by atoms with E-state index in [0.29, 0.717) is 6.04 Å². The number of hydrogen-bond acceptors (Lipinski definition) is 4. The number of nitrogens with zero attached hydrogens (tertiary/aromatic N) is 2. The van der Waals surface area contributed by atoms with E-state index in [2.05, 4.69) is 40.6 Å². The number of thiophene rings is 1. The molecule has 2 aromatic heterocycles. The smallest absolute Gasteiger partial charge is 0.0648 e. The molecule has 19 heavy (non-hydrogen) atoms. The molecule has 0 fully saturated rings. The molecule has 0 saturated carbocycles. The van der Waals surface area contributed by atoms with E-state index in [4.69, 9.17) is 0 Å². The fraction of sp³-hybridized carbons (Fsp3) is 0.467. The van der Waals surface area contributed by atoms with Crippen molar-refractivity contribution < 1.29 is 0 Å². The van der Waals surface area contributed by atoms with Crippen molar-refractivity contribution in [1.82, 2.24) is 15.5 Å². The summed E-state index contributed by atoms with van der Waals surface area (Å²) in [5.74, 6) is 0. The van der Waals surface area contributed by atoms with E-state index in [1.807, 2.05) is 32.2 Å². The van der Waals surface area contributed by atoms with Gasteiger partial charge in [0.2, 0.25) is 0 Å². The molecule has 0 spiro atoms. The Hall–Kier alpha value is -1.26. The Balaban J connectivity index is 2.22. The summed E-state index contributed by atoms with van der Waals surface area (Å²) in [5.41, 5.74) is 3.24. The fourth-order valence-corrected chi connectivity index (χ4v) is 3.22. The highest BCUT2D eigenvalue weighted by molar-refractivity contribution is 7.11. The molecule has 0 amide bonds. The van der Waals surface area contributed by atoms with Crippen LogP contribution < -0.4 is 5.32 Å². The van der Waals surface area contributed by atoms with E-state index in [9.17, 15) is 0 Å². The predicted octanol–water partition coefficient (Wildman–Crippen LogP) is 3.22. The van der Waals surface area contributed by atoms with E-state index >= 15 is 0 Å². The highest BCUT2D eigenvalue weighted by atomic mass is 32.1. The summed E-state index contributed by atoms with van der Waals surface area (Å²) >= 11 is 1.91. The second-order valence-electron chi connectivity index (χ2n) is 4.79. The van der Waals surface area contributed by atoms with E-state index in [-0.39, 0.29) is 0 Å². The lowest BCUT2D eigenvalue weighted by molar-refractivity contribution is 0.586. The minimum atomic E-state index is 0.303. The maximum absolute atomic E-state index is 4.22. The number of aryl methyl sites for hydroxylation is 3. The number of nitrogens with one attached hydrogen (secondary N) is 1. The molecule has 2 heterocycles. The first kappa shape index (κ1) is 14.2. The number of likely N-dealkylation sites (N-methyl/N-ethyl adjacent to an activating group) is 1. The Morgan fingerprint density at radius 2 is 1.95 bits per heavy atom. The van der Waals surface area contributed by atoms with Crippen LogP contribution in [-0.4, -0.2) is 17.2 Å². The van der Waals surface area contributed by atoms with Crippen molar-refractivity contribution in [2.45, 2.75) is 39.7 Å². The van der Waals surface area contributed by atoms with Crippen molar-refractivity contribution in [3.05, 3.63) is 44.9 Å². The molecule has 0 aliphatic carbocycles. The number of hydrogen-bond donors (Lipinski definition) is 1. The standard InChI is InChI=1S/C15H21N3S/c1-5-12-6-7-13(19-12)9-15(16-4)14-8-10(2)17-18-11(14)3/h6-8,15-16H,5,9H2,1-4H3. The summed E-state index contributed by atoms with van der Waals surface area (Å²) in [5, 5.41) is 11.7. The number of aromatic nitrogens is 2. The van der Waals surface area contributed by atoms with Crippen LogP contribution in [0.4, 0.5) is 0 Å². The molecule has 1 atom stereocenters. The van der Waals surface area contributed by atoms with Crippen LogP contribution in [0.15, 0.2) is 18.2 Å². The van der Waals surface area contributed by atoms with Crippen LogP contribution in [-0.2, 0) is 12.8 Å². The van der Waals surface area contributed by atoms with Gasteiger partial charge in [0.1, 0.15) is 0 Å². The van der Waals surface area contributed by atoms with Crippen LogP contribution in [0.5, 0.6) is 0 Å². The van der Waals surface area contributed by atoms with Crippen molar-refractivity contribution >= 4 is 11.3 Å². The lowest BCUT2D eigenvalue weighted by Gasteiger charge is -2.17. The second-order valence-corrected chi connectivity index (χ2v) is 6.05. The average Bonchev–Trinajstić information content (AvgIpc) is 2.87. The second kappa shape index (κ2) is 6.26. The van der Waals surface area contributed by atoms with E-state index in [0.717, 1.165) is 24.2 Å². The largest absolute Gasteiger partial charge is 0.313 e. The molecule has 0 aliphatic heterocycles. The molecule has 2 aromatic rings. The summed E-state index contributed by atoms with van der Waals surface area (Å²) in [4.78, 5) is 2.87. The first-order valence-corrected chi connectivity index (χ1v) is 7.51. The van der Waals surface area contributed by atoms with E-state index in [1.165, 1.54) is 15.3 Å². The molecule has 3 nitrogen and oxygen atoms in total. The van der Waals surface area contributed by atoms with Crippen LogP contribution >= 0.6 is 11.3 Å². The molecule has 0 aromatic carbocycles. The summed E-state index contributed by atoms with van der Waals surface area (Å²) < 4.78 is 0. The van der Waals surface area contributed by atoms with Crippen molar-refractivity contribution in [1.29, 1.82) is 0 Å². The fourth-order valence-electron chi connectivity index (χ4n) is 2.21. The maximum Gasteiger partial charge on any atom is 0.0648 e. The van der Waals surface area contributed by atoms with E-state index < -0.39 is 0 Å². The predicted molar refractivity (Wildman–Crippen MR) is 80.7 cm³/mol. The normalized spacial score (nSPS) is 12.6. The Morgan fingerprint density at radius 1 is 1.21 bits per heavy atom. The summed E-state index contributed by atoms with van der Waals surface area (Å²) in [6.07, 6.45) is 2.12. The van der Waals surface area contributed by atoms with Gasteiger partial charge in [0.05, 0.1) is 11.4 Å². The highest BCUT2D eigenvalue weighted by Crippen LogP contribution is 2.25. The molecule has 0 saturated heterocycles. The molecule has 1 N–H and O–H groups in total. The highest BCUT2D eigenvalue weighted by Gasteiger charge is 2.15. The van der Waals surface area contributed by atoms with Crippen LogP contribution in [0.25, 0.3) is 0 Å². The topological polar surface area (TPSA) is 37.8 Å². The minimum absolute atomic E-state index is 0.303. The van der Waals surface area contributed by atoms with Gasteiger partial charge in [0.25, 0.3) is 0 Å². The van der Waals surface area contributed by atoms with Gasteiger partial charge in [-0.25, -0.2) is 0 Å². The van der Waals surface area contributed by atoms with Crippen LogP contribution in [0.3, 0.4) is 0 Å². The Labute approximate surface area is 119 Å². The van der Waals surface area contributed by atoms with Gasteiger partial charge in [-0.05, 0) is 51.1 Å². The first-order chi connectivity index (χ1) is 9.13. The Bertz CT molecular complexity index is 548. The lowest BCUT2D eigenvalue weighted by atomic mass is 10.0. The van der Waals surface area contributed by atoms with Gasteiger partial charge < -0.3 is 5.32 Å². The lowest BCUT2D eigenvalue weighted by Crippen LogP contribution is -2.20. The zero-order valence-electron chi connectivity index (χ0n) is 12.0. The van der Waals surface area contributed by atoms with Gasteiger partial charge in [0, 0.05) is 22.2 Å². The number of rotatable bonds is 5. The summed E-state index contributed by atoms with van der Waals surface area (Å²) in [6, 6.07) is 6.91. The molecule has 2 rings (SSSR count). The molecular weight excluding hydrogens is 254 g/mol. The summed E-state index contributed by atoms with van der Waals surface area (Å²) in [7, 11) is 2.01. The zero-order valence-corrected chi connectivity index (χ0v) is 12.8. The molecule has 0 aliphatic rings. The average molecular weight is 275 g/mol. The van der Waals surface area contributed by atoms with Crippen LogP contribution in [0.1, 0.15) is 39.7 Å². The van der Waals surface area contributed by atoms with Gasteiger partial charge >= 0.3 is 0 Å². The van der Waals surface area contributed by atoms with Gasteiger partial charge in [-0.1, -0.05) is 6.92 Å². The third-order valence-electron chi connectivity index (χ3n) is 3.33. The van der Waals surface area contributed by atoms with Crippen LogP contribution in [0.2, 0.25) is 0 Å². The maximum atomic E-state index is 4.22. The molecular formula is C15H21N3S. The third-order valence-corrected chi connectivity index (χ3v) is 4.59. The van der Waals surface area contributed by atoms with Gasteiger partial charge in [0.15, 0.2) is 0 Å². The monoisotopic (exact) mass is 275 g/mol. The summed E-state index contributed by atoms with van der Waals surface area (Å²) in [6.45, 7) is 6.21. The zero-order chi connectivity index (χ0) is 13.8. The van der Waals surface area contributed by atoms with Crippen LogP contribution in [0, 0.1) is 13.8 Å². The first-order valence-electron chi connectivity index (χ1n) is 6.69. The molecule has 1 unspecified atom stereocenters. The third kappa shape index (κ3) is 3.39. The quantitative estimate of drug-likeness (QED) is 0.910. The van der Waals surface area contributed by atoms with Gasteiger partial charge in [-0.2, -0.15) is 10.2 Å². The van der Waals surface area contributed by atoms with Crippen molar-refractivity contribution in [2.75, 3.05) is 7.05 Å². The van der Waals surface area contributed by atoms with Gasteiger partial charge in [-0.3, -0.25) is 0 Å². The minimum Gasteiger partial charge on any atom is -0.313 e. The molecule has 0 radical (unpaired) electrons. The van der Waals surface area contributed by atoms with Crippen molar-refractivity contribution in [3.63, 3.8) is 0 Å². The molecule has 102 valence electrons. The van der Waals surface area contributed by atoms with Crippen molar-refractivity contribution in [3.8, 4) is 0 Å². The van der Waals surface area contributed by atoms with Gasteiger partial charge in [-0.15, -0.1) is 11.3 Å². The Kier molecular flexibility index (Phi) is 4.66. The molecule has 4 heteroatoms.